The Morgan fingerprint density at radius 2 is 2.10 bits per heavy atom. The molecule has 1 unspecified atom stereocenters. The highest BCUT2D eigenvalue weighted by Gasteiger charge is 2.34. The molecule has 0 radical (unpaired) electrons. The third-order valence-corrected chi connectivity index (χ3v) is 5.83. The first-order valence-electron chi connectivity index (χ1n) is 10.2. The van der Waals surface area contributed by atoms with Crippen LogP contribution in [0.1, 0.15) is 35.0 Å². The van der Waals surface area contributed by atoms with Crippen LogP contribution in [0.3, 0.4) is 0 Å². The average Bonchev–Trinajstić information content (AvgIpc) is 3.33. The molecule has 0 aliphatic carbocycles. The molecule has 2 aromatic rings. The average molecular weight is 412 g/mol. The van der Waals surface area contributed by atoms with Crippen molar-refractivity contribution in [1.29, 1.82) is 0 Å². The lowest BCUT2D eigenvalue weighted by molar-refractivity contribution is -0.134. The lowest BCUT2D eigenvalue weighted by Crippen LogP contribution is -2.32. The summed E-state index contributed by atoms with van der Waals surface area (Å²) in [6.07, 6.45) is 1.46. The van der Waals surface area contributed by atoms with Gasteiger partial charge in [0.05, 0.1) is 6.42 Å². The number of carbonyl (C=O) groups is 2. The topological polar surface area (TPSA) is 75.6 Å². The van der Waals surface area contributed by atoms with Crippen LogP contribution in [0.5, 0.6) is 0 Å². The number of amides is 2. The first kappa shape index (κ1) is 20.4. The van der Waals surface area contributed by atoms with E-state index in [9.17, 15) is 14.0 Å². The maximum atomic E-state index is 14.0. The molecule has 1 aromatic carbocycles. The Hall–Kier alpha value is -2.87. The molecule has 7 nitrogen and oxygen atoms in total. The van der Waals surface area contributed by atoms with Crippen LogP contribution in [-0.4, -0.2) is 60.0 Å². The van der Waals surface area contributed by atoms with Crippen molar-refractivity contribution in [2.45, 2.75) is 32.1 Å². The van der Waals surface area contributed by atoms with Crippen molar-refractivity contribution in [3.8, 4) is 0 Å². The number of likely N-dealkylation sites (tertiary alicyclic amines) is 1. The number of halogens is 1. The second kappa shape index (κ2) is 8.47. The summed E-state index contributed by atoms with van der Waals surface area (Å²) in [6.45, 7) is 3.51. The maximum absolute atomic E-state index is 14.0. The smallest absolute Gasteiger partial charge is 0.248 e. The number of fused-ring (bicyclic) bond motifs is 1. The van der Waals surface area contributed by atoms with Gasteiger partial charge in [0.15, 0.2) is 0 Å². The Bertz CT molecular complexity index is 981. The highest BCUT2D eigenvalue weighted by molar-refractivity contribution is 6.00. The molecule has 1 aromatic heterocycles. The lowest BCUT2D eigenvalue weighted by atomic mass is 10.1. The molecule has 3 heterocycles. The minimum Gasteiger partial charge on any atom is -0.375 e. The van der Waals surface area contributed by atoms with Crippen LogP contribution in [0.4, 0.5) is 10.2 Å². The van der Waals surface area contributed by atoms with E-state index in [-0.39, 0.29) is 36.6 Å². The highest BCUT2D eigenvalue weighted by atomic mass is 19.1. The fourth-order valence-corrected chi connectivity index (χ4v) is 4.16. The van der Waals surface area contributed by atoms with Gasteiger partial charge in [-0.3, -0.25) is 14.5 Å². The number of anilines is 1. The van der Waals surface area contributed by atoms with Crippen LogP contribution in [0, 0.1) is 12.7 Å². The minimum absolute atomic E-state index is 0.0268. The van der Waals surface area contributed by atoms with Crippen LogP contribution in [-0.2, 0) is 27.2 Å². The van der Waals surface area contributed by atoms with E-state index in [0.29, 0.717) is 43.3 Å². The third-order valence-electron chi connectivity index (χ3n) is 5.83. The summed E-state index contributed by atoms with van der Waals surface area (Å²) in [4.78, 5) is 37.5. The van der Waals surface area contributed by atoms with Gasteiger partial charge in [0.25, 0.3) is 0 Å². The molecule has 4 rings (SSSR count). The molecule has 1 atom stereocenters. The molecule has 30 heavy (non-hydrogen) atoms. The summed E-state index contributed by atoms with van der Waals surface area (Å²) in [5, 5.41) is 0. The number of ether oxygens (including phenoxy) is 1. The molecule has 2 aliphatic heterocycles. The maximum Gasteiger partial charge on any atom is 0.248 e. The summed E-state index contributed by atoms with van der Waals surface area (Å²) < 4.78 is 18.9. The predicted molar refractivity (Wildman–Crippen MR) is 109 cm³/mol. The minimum atomic E-state index is -0.268. The van der Waals surface area contributed by atoms with Crippen molar-refractivity contribution >= 4 is 17.6 Å². The molecule has 0 N–H and O–H groups in total. The molecule has 0 bridgehead atoms. The van der Waals surface area contributed by atoms with Gasteiger partial charge in [0, 0.05) is 43.9 Å². The Kier molecular flexibility index (Phi) is 5.76. The van der Waals surface area contributed by atoms with Crippen molar-refractivity contribution in [3.63, 3.8) is 0 Å². The van der Waals surface area contributed by atoms with Crippen molar-refractivity contribution < 1.29 is 18.7 Å². The van der Waals surface area contributed by atoms with Gasteiger partial charge in [-0.2, -0.15) is 0 Å². The van der Waals surface area contributed by atoms with Gasteiger partial charge in [-0.25, -0.2) is 14.4 Å². The monoisotopic (exact) mass is 412 g/mol. The predicted octanol–water partition coefficient (Wildman–Crippen LogP) is 2.02. The summed E-state index contributed by atoms with van der Waals surface area (Å²) in [5.74, 6) is 0.957. The van der Waals surface area contributed by atoms with Crippen LogP contribution in [0.15, 0.2) is 24.3 Å². The molecule has 2 aliphatic rings. The Morgan fingerprint density at radius 1 is 1.30 bits per heavy atom. The molecule has 158 valence electrons. The molecular formula is C22H25FN4O3. The number of carbonyl (C=O) groups excluding carboxylic acids is 2. The van der Waals surface area contributed by atoms with E-state index in [0.717, 1.165) is 17.7 Å². The normalized spacial score (nSPS) is 18.2. The van der Waals surface area contributed by atoms with Gasteiger partial charge in [-0.05, 0) is 31.4 Å². The zero-order chi connectivity index (χ0) is 21.3. The number of hydrogen-bond acceptors (Lipinski definition) is 5. The van der Waals surface area contributed by atoms with E-state index < -0.39 is 0 Å². The second-order valence-corrected chi connectivity index (χ2v) is 7.79. The second-order valence-electron chi connectivity index (χ2n) is 7.79. The number of nitrogens with zero attached hydrogens (tertiary/aromatic N) is 4. The molecule has 0 saturated carbocycles. The number of hydrogen-bond donors (Lipinski definition) is 0. The molecule has 1 saturated heterocycles. The van der Waals surface area contributed by atoms with Gasteiger partial charge >= 0.3 is 0 Å². The zero-order valence-electron chi connectivity index (χ0n) is 17.2. The summed E-state index contributed by atoms with van der Waals surface area (Å²) in [5.41, 5.74) is 2.20. The van der Waals surface area contributed by atoms with E-state index in [1.165, 1.54) is 13.2 Å². The van der Waals surface area contributed by atoms with E-state index in [2.05, 4.69) is 4.98 Å². The molecular weight excluding hydrogens is 387 g/mol. The van der Waals surface area contributed by atoms with Crippen LogP contribution < -0.4 is 4.90 Å². The largest absolute Gasteiger partial charge is 0.375 e. The van der Waals surface area contributed by atoms with Crippen molar-refractivity contribution in [1.82, 2.24) is 14.9 Å². The SMILES string of the molecule is COCC(=O)N1CCC(c2nc(C)c3c(n2)N(CCc2ccccc2F)C(=O)C3)C1. The van der Waals surface area contributed by atoms with Gasteiger partial charge in [0.2, 0.25) is 11.8 Å². The quantitative estimate of drug-likeness (QED) is 0.726. The first-order chi connectivity index (χ1) is 14.5. The van der Waals surface area contributed by atoms with Gasteiger partial charge in [0.1, 0.15) is 24.1 Å². The summed E-state index contributed by atoms with van der Waals surface area (Å²) in [6, 6.07) is 6.60. The Balaban J connectivity index is 1.53. The number of benzene rings is 1. The fourth-order valence-electron chi connectivity index (χ4n) is 4.16. The van der Waals surface area contributed by atoms with Crippen LogP contribution >= 0.6 is 0 Å². The fraction of sp³-hybridized carbons (Fsp3) is 0.455. The van der Waals surface area contributed by atoms with E-state index >= 15 is 0 Å². The number of aromatic nitrogens is 2. The van der Waals surface area contributed by atoms with Crippen LogP contribution in [0.2, 0.25) is 0 Å². The number of aryl methyl sites for hydroxylation is 1. The van der Waals surface area contributed by atoms with Gasteiger partial charge < -0.3 is 9.64 Å². The molecule has 2 amide bonds. The van der Waals surface area contributed by atoms with E-state index in [1.807, 2.05) is 6.92 Å². The highest BCUT2D eigenvalue weighted by Crippen LogP contribution is 2.33. The zero-order valence-corrected chi connectivity index (χ0v) is 17.2. The Labute approximate surface area is 174 Å². The number of rotatable bonds is 6. The van der Waals surface area contributed by atoms with E-state index in [4.69, 9.17) is 9.72 Å². The molecule has 0 spiro atoms. The van der Waals surface area contributed by atoms with Crippen molar-refractivity contribution in [2.75, 3.05) is 38.3 Å². The van der Waals surface area contributed by atoms with Crippen molar-refractivity contribution in [3.05, 3.63) is 52.7 Å². The van der Waals surface area contributed by atoms with Crippen molar-refractivity contribution in [2.24, 2.45) is 0 Å². The van der Waals surface area contributed by atoms with Gasteiger partial charge in [-0.1, -0.05) is 18.2 Å². The molecule has 1 fully saturated rings. The Morgan fingerprint density at radius 3 is 2.87 bits per heavy atom. The summed E-state index contributed by atoms with van der Waals surface area (Å²) >= 11 is 0. The third kappa shape index (κ3) is 3.92. The van der Waals surface area contributed by atoms with E-state index in [1.54, 1.807) is 28.0 Å². The molecule has 8 heteroatoms. The first-order valence-corrected chi connectivity index (χ1v) is 10.2. The number of methoxy groups -OCH3 is 1. The van der Waals surface area contributed by atoms with Crippen LogP contribution in [0.25, 0.3) is 0 Å². The lowest BCUT2D eigenvalue weighted by Gasteiger charge is -2.19. The van der Waals surface area contributed by atoms with Gasteiger partial charge in [-0.15, -0.1) is 0 Å². The summed E-state index contributed by atoms with van der Waals surface area (Å²) in [7, 11) is 1.51. The standard InChI is InChI=1S/C22H25FN4O3/c1-14-17-11-19(28)27(10-8-15-5-3-4-6-18(15)23)22(17)25-21(24-14)16-7-9-26(12-16)20(29)13-30-2/h3-6,16H,7-13H2,1-2H3.